The lowest BCUT2D eigenvalue weighted by Gasteiger charge is -2.08. The molecule has 0 heterocycles. The molecule has 2 aromatic rings. The van der Waals surface area contributed by atoms with Crippen molar-refractivity contribution in [3.8, 4) is 5.75 Å². The molecule has 0 aliphatic heterocycles. The number of hydrogen-bond donors (Lipinski definition) is 0. The van der Waals surface area contributed by atoms with E-state index >= 15 is 0 Å². The predicted octanol–water partition coefficient (Wildman–Crippen LogP) is 4.51. The lowest BCUT2D eigenvalue weighted by molar-refractivity contribution is 0.306. The van der Waals surface area contributed by atoms with Crippen molar-refractivity contribution < 1.29 is 4.74 Å². The van der Waals surface area contributed by atoms with Gasteiger partial charge in [0.2, 0.25) is 0 Å². The van der Waals surface area contributed by atoms with E-state index in [0.717, 1.165) is 23.3 Å². The quantitative estimate of drug-likeness (QED) is 0.431. The summed E-state index contributed by atoms with van der Waals surface area (Å²) in [5, 5.41) is 3.67. The Hall–Kier alpha value is -2.45. The molecule has 102 valence electrons. The zero-order chi connectivity index (χ0) is 14.2. The van der Waals surface area contributed by atoms with E-state index in [4.69, 9.17) is 10.3 Å². The highest BCUT2D eigenvalue weighted by Gasteiger charge is 2.01. The van der Waals surface area contributed by atoms with Crippen LogP contribution in [0.5, 0.6) is 5.75 Å². The molecule has 0 aliphatic rings. The van der Waals surface area contributed by atoms with Crippen LogP contribution in [0.15, 0.2) is 59.7 Å². The summed E-state index contributed by atoms with van der Waals surface area (Å²) in [4.78, 5) is 2.81. The summed E-state index contributed by atoms with van der Waals surface area (Å²) in [5.74, 6) is 0.842. The lowest BCUT2D eigenvalue weighted by Crippen LogP contribution is -2.01. The highest BCUT2D eigenvalue weighted by molar-refractivity contribution is 5.28. The molecule has 0 aliphatic carbocycles. The van der Waals surface area contributed by atoms with Crippen molar-refractivity contribution in [2.24, 2.45) is 5.11 Å². The average molecular weight is 267 g/mol. The first-order valence-corrected chi connectivity index (χ1v) is 6.58. The van der Waals surface area contributed by atoms with Crippen LogP contribution in [0.2, 0.25) is 0 Å². The molecular formula is C16H17N3O. The van der Waals surface area contributed by atoms with Gasteiger partial charge in [-0.2, -0.15) is 0 Å². The van der Waals surface area contributed by atoms with Gasteiger partial charge in [-0.25, -0.2) is 0 Å². The van der Waals surface area contributed by atoms with Gasteiger partial charge in [-0.15, -0.1) is 0 Å². The van der Waals surface area contributed by atoms with Crippen LogP contribution >= 0.6 is 0 Å². The molecule has 0 bridgehead atoms. The highest BCUT2D eigenvalue weighted by atomic mass is 16.5. The molecule has 0 radical (unpaired) electrons. The highest BCUT2D eigenvalue weighted by Crippen LogP contribution is 2.15. The Bertz CT molecular complexity index is 574. The van der Waals surface area contributed by atoms with Gasteiger partial charge in [0.15, 0.2) is 0 Å². The van der Waals surface area contributed by atoms with E-state index < -0.39 is 0 Å². The molecule has 0 saturated carbocycles. The number of nitrogens with zero attached hydrogens (tertiary/aromatic N) is 3. The molecule has 1 unspecified atom stereocenters. The van der Waals surface area contributed by atoms with Crippen LogP contribution in [0.25, 0.3) is 10.4 Å². The van der Waals surface area contributed by atoms with Crippen molar-refractivity contribution in [2.45, 2.75) is 26.0 Å². The molecule has 4 nitrogen and oxygen atoms in total. The molecule has 4 heteroatoms. The largest absolute Gasteiger partial charge is 0.489 e. The molecule has 0 aromatic heterocycles. The van der Waals surface area contributed by atoms with Gasteiger partial charge in [-0.3, -0.25) is 0 Å². The zero-order valence-corrected chi connectivity index (χ0v) is 11.4. The van der Waals surface area contributed by atoms with Gasteiger partial charge in [0, 0.05) is 11.0 Å². The molecule has 20 heavy (non-hydrogen) atoms. The van der Waals surface area contributed by atoms with Crippen molar-refractivity contribution in [1.29, 1.82) is 0 Å². The summed E-state index contributed by atoms with van der Waals surface area (Å²) in [7, 11) is 0. The van der Waals surface area contributed by atoms with E-state index in [1.54, 1.807) is 0 Å². The minimum absolute atomic E-state index is 0.0314. The van der Waals surface area contributed by atoms with Gasteiger partial charge in [0.05, 0.1) is 0 Å². The third-order valence-corrected chi connectivity index (χ3v) is 2.95. The smallest absolute Gasteiger partial charge is 0.119 e. The first kappa shape index (κ1) is 14.0. The van der Waals surface area contributed by atoms with Gasteiger partial charge in [-0.05, 0) is 35.2 Å². The molecule has 0 amide bonds. The van der Waals surface area contributed by atoms with Crippen LogP contribution in [-0.2, 0) is 13.0 Å². The minimum atomic E-state index is -0.0314. The van der Waals surface area contributed by atoms with Crippen molar-refractivity contribution in [3.05, 3.63) is 76.2 Å². The minimum Gasteiger partial charge on any atom is -0.489 e. The van der Waals surface area contributed by atoms with Gasteiger partial charge >= 0.3 is 0 Å². The molecule has 0 spiro atoms. The molecule has 1 atom stereocenters. The topological polar surface area (TPSA) is 58.0 Å². The Morgan fingerprint density at radius 1 is 1.05 bits per heavy atom. The van der Waals surface area contributed by atoms with E-state index in [2.05, 4.69) is 10.0 Å². The summed E-state index contributed by atoms with van der Waals surface area (Å²) in [6.45, 7) is 2.47. The monoisotopic (exact) mass is 267 g/mol. The fraction of sp³-hybridized carbons (Fsp3) is 0.250. The average Bonchev–Trinajstić information content (AvgIpc) is 2.48. The summed E-state index contributed by atoms with van der Waals surface area (Å²) in [6, 6.07) is 17.9. The van der Waals surface area contributed by atoms with Gasteiger partial charge in [0.1, 0.15) is 12.4 Å². The lowest BCUT2D eigenvalue weighted by atomic mass is 10.1. The third kappa shape index (κ3) is 4.34. The second-order valence-electron chi connectivity index (χ2n) is 4.68. The number of rotatable bonds is 6. The summed E-state index contributed by atoms with van der Waals surface area (Å²) in [6.07, 6.45) is 0.739. The van der Waals surface area contributed by atoms with Gasteiger partial charge < -0.3 is 4.74 Å². The summed E-state index contributed by atoms with van der Waals surface area (Å²) < 4.78 is 5.72. The SMILES string of the molecule is CC(Cc1ccc(OCc2ccccc2)cc1)N=[N+]=[N-]. The standard InChI is InChI=1S/C16H17N3O/c1-13(18-19-17)11-14-7-9-16(10-8-14)20-12-15-5-3-2-4-6-15/h2-10,13H,11-12H2,1H3. The van der Waals surface area contributed by atoms with E-state index in [1.807, 2.05) is 61.5 Å². The van der Waals surface area contributed by atoms with Crippen LogP contribution in [0.1, 0.15) is 18.1 Å². The van der Waals surface area contributed by atoms with Crippen molar-refractivity contribution >= 4 is 0 Å². The Balaban J connectivity index is 1.90. The van der Waals surface area contributed by atoms with Crippen molar-refractivity contribution in [2.75, 3.05) is 0 Å². The molecule has 0 saturated heterocycles. The van der Waals surface area contributed by atoms with Crippen LogP contribution in [-0.4, -0.2) is 6.04 Å². The Kier molecular flexibility index (Phi) is 5.04. The predicted molar refractivity (Wildman–Crippen MR) is 79.5 cm³/mol. The first-order chi connectivity index (χ1) is 9.78. The summed E-state index contributed by atoms with van der Waals surface area (Å²) >= 11 is 0. The maximum absolute atomic E-state index is 8.38. The van der Waals surface area contributed by atoms with Gasteiger partial charge in [0.25, 0.3) is 0 Å². The second kappa shape index (κ2) is 7.22. The summed E-state index contributed by atoms with van der Waals surface area (Å²) in [5.41, 5.74) is 10.7. The molecule has 0 N–H and O–H groups in total. The van der Waals surface area contributed by atoms with E-state index in [9.17, 15) is 0 Å². The van der Waals surface area contributed by atoms with Crippen LogP contribution < -0.4 is 4.74 Å². The van der Waals surface area contributed by atoms with Crippen molar-refractivity contribution in [1.82, 2.24) is 0 Å². The van der Waals surface area contributed by atoms with Crippen LogP contribution in [0.3, 0.4) is 0 Å². The molecule has 0 fully saturated rings. The number of azide groups is 1. The van der Waals surface area contributed by atoms with E-state index in [0.29, 0.717) is 6.61 Å². The zero-order valence-electron chi connectivity index (χ0n) is 11.4. The first-order valence-electron chi connectivity index (χ1n) is 6.58. The number of ether oxygens (including phenoxy) is 1. The molecule has 2 aromatic carbocycles. The maximum atomic E-state index is 8.38. The number of hydrogen-bond acceptors (Lipinski definition) is 2. The maximum Gasteiger partial charge on any atom is 0.119 e. The normalized spacial score (nSPS) is 11.4. The van der Waals surface area contributed by atoms with Crippen molar-refractivity contribution in [3.63, 3.8) is 0 Å². The second-order valence-corrected chi connectivity index (χ2v) is 4.68. The van der Waals surface area contributed by atoms with Crippen LogP contribution in [0, 0.1) is 0 Å². The number of benzene rings is 2. The Labute approximate surface area is 118 Å². The van der Waals surface area contributed by atoms with E-state index in [-0.39, 0.29) is 6.04 Å². The third-order valence-electron chi connectivity index (χ3n) is 2.95. The fourth-order valence-electron chi connectivity index (χ4n) is 1.93. The van der Waals surface area contributed by atoms with E-state index in [1.165, 1.54) is 0 Å². The fourth-order valence-corrected chi connectivity index (χ4v) is 1.93. The molecule has 2 rings (SSSR count). The Morgan fingerprint density at radius 2 is 1.75 bits per heavy atom. The van der Waals surface area contributed by atoms with Crippen LogP contribution in [0.4, 0.5) is 0 Å². The van der Waals surface area contributed by atoms with Gasteiger partial charge in [-0.1, -0.05) is 54.5 Å². The Morgan fingerprint density at radius 3 is 2.40 bits per heavy atom. The molecular weight excluding hydrogens is 250 g/mol.